The van der Waals surface area contributed by atoms with Gasteiger partial charge in [-0.2, -0.15) is 0 Å². The summed E-state index contributed by atoms with van der Waals surface area (Å²) in [5.74, 6) is 0.646. The number of pyridine rings is 1. The van der Waals surface area contributed by atoms with Crippen LogP contribution in [0.4, 0.5) is 11.4 Å². The Morgan fingerprint density at radius 1 is 1.04 bits per heavy atom. The summed E-state index contributed by atoms with van der Waals surface area (Å²) in [5, 5.41) is 6.24. The second-order valence-corrected chi connectivity index (χ2v) is 6.44. The van der Waals surface area contributed by atoms with E-state index < -0.39 is 0 Å². The number of nitrogens with zero attached hydrogens (tertiary/aromatic N) is 1. The zero-order valence-electron chi connectivity index (χ0n) is 15.7. The number of anilines is 2. The van der Waals surface area contributed by atoms with Crippen LogP contribution in [-0.2, 0) is 6.54 Å². The zero-order valence-corrected chi connectivity index (χ0v) is 15.7. The van der Waals surface area contributed by atoms with Crippen molar-refractivity contribution in [3.8, 4) is 5.75 Å². The van der Waals surface area contributed by atoms with E-state index in [1.807, 2.05) is 56.3 Å². The van der Waals surface area contributed by atoms with Gasteiger partial charge in [-0.15, -0.1) is 0 Å². The first-order valence-corrected chi connectivity index (χ1v) is 8.75. The molecule has 27 heavy (non-hydrogen) atoms. The summed E-state index contributed by atoms with van der Waals surface area (Å²) in [5.41, 5.74) is 5.42. The van der Waals surface area contributed by atoms with Crippen LogP contribution in [0.15, 0.2) is 60.9 Å². The maximum absolute atomic E-state index is 12.6. The third kappa shape index (κ3) is 4.85. The highest BCUT2D eigenvalue weighted by molar-refractivity contribution is 6.04. The Morgan fingerprint density at radius 3 is 2.52 bits per heavy atom. The van der Waals surface area contributed by atoms with E-state index in [2.05, 4.69) is 15.6 Å². The van der Waals surface area contributed by atoms with Gasteiger partial charge in [0.15, 0.2) is 0 Å². The highest BCUT2D eigenvalue weighted by Gasteiger charge is 2.09. The standard InChI is InChI=1S/C22H23N3O2/c1-15-4-9-21(16(2)10-15)25-22(26)18-11-19(14-23-13-18)24-12-17-5-7-20(27-3)8-6-17/h4-11,13-14,24H,12H2,1-3H3,(H,25,26). The number of amides is 1. The van der Waals surface area contributed by atoms with Crippen LogP contribution in [0.2, 0.25) is 0 Å². The molecule has 0 saturated heterocycles. The first-order chi connectivity index (χ1) is 13.0. The number of hydrogen-bond acceptors (Lipinski definition) is 4. The van der Waals surface area contributed by atoms with Gasteiger partial charge in [0, 0.05) is 24.6 Å². The molecule has 3 rings (SSSR count). The first kappa shape index (κ1) is 18.5. The number of methoxy groups -OCH3 is 1. The van der Waals surface area contributed by atoms with Gasteiger partial charge in [-0.3, -0.25) is 9.78 Å². The lowest BCUT2D eigenvalue weighted by molar-refractivity contribution is 0.102. The van der Waals surface area contributed by atoms with E-state index in [1.54, 1.807) is 25.6 Å². The molecule has 5 nitrogen and oxygen atoms in total. The summed E-state index contributed by atoms with van der Waals surface area (Å²) < 4.78 is 5.16. The van der Waals surface area contributed by atoms with Gasteiger partial charge in [-0.05, 0) is 49.2 Å². The lowest BCUT2D eigenvalue weighted by Gasteiger charge is -2.11. The van der Waals surface area contributed by atoms with Crippen molar-refractivity contribution in [2.75, 3.05) is 17.7 Å². The fourth-order valence-corrected chi connectivity index (χ4v) is 2.76. The fraction of sp³-hybridized carbons (Fsp3) is 0.182. The molecule has 0 radical (unpaired) electrons. The smallest absolute Gasteiger partial charge is 0.257 e. The van der Waals surface area contributed by atoms with Crippen LogP contribution in [0.5, 0.6) is 5.75 Å². The average Bonchev–Trinajstić information content (AvgIpc) is 2.69. The molecule has 2 aromatic carbocycles. The Labute approximate surface area is 159 Å². The van der Waals surface area contributed by atoms with E-state index in [0.717, 1.165) is 33.8 Å². The number of carbonyl (C=O) groups is 1. The predicted molar refractivity (Wildman–Crippen MR) is 108 cm³/mol. The van der Waals surface area contributed by atoms with E-state index in [9.17, 15) is 4.79 Å². The molecule has 138 valence electrons. The van der Waals surface area contributed by atoms with Crippen molar-refractivity contribution in [3.63, 3.8) is 0 Å². The van der Waals surface area contributed by atoms with Crippen LogP contribution in [0.25, 0.3) is 0 Å². The molecule has 0 aliphatic heterocycles. The molecule has 3 aromatic rings. The SMILES string of the molecule is COc1ccc(CNc2cncc(C(=O)Nc3ccc(C)cc3C)c2)cc1. The number of carbonyl (C=O) groups excluding carboxylic acids is 1. The quantitative estimate of drug-likeness (QED) is 0.675. The van der Waals surface area contributed by atoms with E-state index in [4.69, 9.17) is 4.74 Å². The van der Waals surface area contributed by atoms with Crippen molar-refractivity contribution in [3.05, 3.63) is 83.2 Å². The molecule has 0 bridgehead atoms. The van der Waals surface area contributed by atoms with E-state index in [-0.39, 0.29) is 5.91 Å². The molecule has 0 atom stereocenters. The van der Waals surface area contributed by atoms with Gasteiger partial charge in [0.05, 0.1) is 18.4 Å². The molecule has 0 aliphatic rings. The van der Waals surface area contributed by atoms with E-state index in [1.165, 1.54) is 0 Å². The molecule has 0 fully saturated rings. The fourth-order valence-electron chi connectivity index (χ4n) is 2.76. The van der Waals surface area contributed by atoms with E-state index >= 15 is 0 Å². The number of aryl methyl sites for hydroxylation is 2. The highest BCUT2D eigenvalue weighted by Crippen LogP contribution is 2.18. The van der Waals surface area contributed by atoms with Crippen molar-refractivity contribution in [2.45, 2.75) is 20.4 Å². The Bertz CT molecular complexity index is 937. The predicted octanol–water partition coefficient (Wildman–Crippen LogP) is 4.57. The molecule has 0 aliphatic carbocycles. The van der Waals surface area contributed by atoms with Crippen LogP contribution < -0.4 is 15.4 Å². The lowest BCUT2D eigenvalue weighted by Crippen LogP contribution is -2.13. The molecule has 2 N–H and O–H groups in total. The Hall–Kier alpha value is -3.34. The van der Waals surface area contributed by atoms with Gasteiger partial charge >= 0.3 is 0 Å². The van der Waals surface area contributed by atoms with Gasteiger partial charge in [0.2, 0.25) is 0 Å². The van der Waals surface area contributed by atoms with Crippen molar-refractivity contribution >= 4 is 17.3 Å². The summed E-state index contributed by atoms with van der Waals surface area (Å²) in [7, 11) is 1.65. The number of rotatable bonds is 6. The van der Waals surface area contributed by atoms with Crippen LogP contribution in [0, 0.1) is 13.8 Å². The number of ether oxygens (including phenoxy) is 1. The summed E-state index contributed by atoms with van der Waals surface area (Å²) >= 11 is 0. The molecular weight excluding hydrogens is 338 g/mol. The lowest BCUT2D eigenvalue weighted by atomic mass is 10.1. The molecule has 0 unspecified atom stereocenters. The summed E-state index contributed by atoms with van der Waals surface area (Å²) in [6.07, 6.45) is 3.27. The Kier molecular flexibility index (Phi) is 5.71. The zero-order chi connectivity index (χ0) is 19.2. The Balaban J connectivity index is 1.66. The minimum Gasteiger partial charge on any atom is -0.497 e. The van der Waals surface area contributed by atoms with Crippen LogP contribution in [0.1, 0.15) is 27.0 Å². The summed E-state index contributed by atoms with van der Waals surface area (Å²) in [6, 6.07) is 15.6. The highest BCUT2D eigenvalue weighted by atomic mass is 16.5. The van der Waals surface area contributed by atoms with Crippen LogP contribution in [0.3, 0.4) is 0 Å². The van der Waals surface area contributed by atoms with Crippen molar-refractivity contribution in [1.29, 1.82) is 0 Å². The van der Waals surface area contributed by atoms with Gasteiger partial charge in [0.25, 0.3) is 5.91 Å². The van der Waals surface area contributed by atoms with Crippen molar-refractivity contribution in [1.82, 2.24) is 4.98 Å². The second kappa shape index (κ2) is 8.36. The summed E-state index contributed by atoms with van der Waals surface area (Å²) in [4.78, 5) is 16.7. The van der Waals surface area contributed by atoms with Crippen molar-refractivity contribution in [2.24, 2.45) is 0 Å². The Morgan fingerprint density at radius 2 is 1.81 bits per heavy atom. The van der Waals surface area contributed by atoms with E-state index in [0.29, 0.717) is 12.1 Å². The van der Waals surface area contributed by atoms with Gasteiger partial charge in [-0.1, -0.05) is 29.8 Å². The molecule has 1 heterocycles. The minimum atomic E-state index is -0.178. The maximum Gasteiger partial charge on any atom is 0.257 e. The first-order valence-electron chi connectivity index (χ1n) is 8.75. The summed E-state index contributed by atoms with van der Waals surface area (Å²) in [6.45, 7) is 4.64. The van der Waals surface area contributed by atoms with Crippen molar-refractivity contribution < 1.29 is 9.53 Å². The minimum absolute atomic E-state index is 0.178. The molecule has 1 amide bonds. The molecule has 5 heteroatoms. The monoisotopic (exact) mass is 361 g/mol. The second-order valence-electron chi connectivity index (χ2n) is 6.44. The van der Waals surface area contributed by atoms with Gasteiger partial charge in [0.1, 0.15) is 5.75 Å². The molecular formula is C22H23N3O2. The number of nitrogens with one attached hydrogen (secondary N) is 2. The van der Waals surface area contributed by atoms with Gasteiger partial charge < -0.3 is 15.4 Å². The number of benzene rings is 2. The molecule has 1 aromatic heterocycles. The van der Waals surface area contributed by atoms with Gasteiger partial charge in [-0.25, -0.2) is 0 Å². The molecule has 0 spiro atoms. The largest absolute Gasteiger partial charge is 0.497 e. The number of hydrogen-bond donors (Lipinski definition) is 2. The van der Waals surface area contributed by atoms with Crippen LogP contribution >= 0.6 is 0 Å². The maximum atomic E-state index is 12.6. The third-order valence-corrected chi connectivity index (χ3v) is 4.29. The third-order valence-electron chi connectivity index (χ3n) is 4.29. The average molecular weight is 361 g/mol. The normalized spacial score (nSPS) is 10.3. The van der Waals surface area contributed by atoms with Crippen LogP contribution in [-0.4, -0.2) is 18.0 Å². The molecule has 0 saturated carbocycles. The number of aromatic nitrogens is 1. The topological polar surface area (TPSA) is 63.2 Å².